The van der Waals surface area contributed by atoms with Gasteiger partial charge in [-0.3, -0.25) is 10.1 Å². The third kappa shape index (κ3) is 2.06. The van der Waals surface area contributed by atoms with Gasteiger partial charge in [0.2, 0.25) is 5.75 Å². The lowest BCUT2D eigenvalue weighted by Gasteiger charge is -2.06. The van der Waals surface area contributed by atoms with Crippen molar-refractivity contribution in [1.82, 2.24) is 0 Å². The van der Waals surface area contributed by atoms with Gasteiger partial charge in [0.05, 0.1) is 22.7 Å². The predicted molar refractivity (Wildman–Crippen MR) is 58.9 cm³/mol. The number of methoxy groups -OCH3 is 2. The molecule has 14 heavy (non-hydrogen) atoms. The highest BCUT2D eigenvalue weighted by Crippen LogP contribution is 2.35. The summed E-state index contributed by atoms with van der Waals surface area (Å²) in [5.74, 6) is 0.746. The first-order valence-corrected chi connectivity index (χ1v) is 4.74. The molecule has 0 saturated carbocycles. The molecule has 0 fully saturated rings. The summed E-state index contributed by atoms with van der Waals surface area (Å²) in [4.78, 5) is 10.2. The number of rotatable bonds is 3. The van der Waals surface area contributed by atoms with Crippen LogP contribution < -0.4 is 9.47 Å². The fraction of sp³-hybridized carbons (Fsp3) is 0.250. The number of benzene rings is 1. The molecule has 0 unspecified atom stereocenters. The molecule has 0 heterocycles. The summed E-state index contributed by atoms with van der Waals surface area (Å²) >= 11 is 1.87. The Labute approximate surface area is 94.3 Å². The highest BCUT2D eigenvalue weighted by atomic mass is 127. The fourth-order valence-electron chi connectivity index (χ4n) is 1.00. The summed E-state index contributed by atoms with van der Waals surface area (Å²) in [6, 6.07) is 3.07. The molecule has 1 aromatic carbocycles. The third-order valence-corrected chi connectivity index (χ3v) is 2.46. The van der Waals surface area contributed by atoms with Crippen LogP contribution in [-0.2, 0) is 0 Å². The van der Waals surface area contributed by atoms with Gasteiger partial charge in [0, 0.05) is 12.1 Å². The molecule has 0 saturated heterocycles. The van der Waals surface area contributed by atoms with Crippen LogP contribution in [0.3, 0.4) is 0 Å². The SMILES string of the molecule is COc1cc(I)c([N+](=O)[O-])c(OC)c1. The first kappa shape index (κ1) is 11.0. The molecule has 0 aliphatic heterocycles. The van der Waals surface area contributed by atoms with Crippen molar-refractivity contribution in [2.24, 2.45) is 0 Å². The Morgan fingerprint density at radius 3 is 2.43 bits per heavy atom. The van der Waals surface area contributed by atoms with Crippen molar-refractivity contribution in [2.45, 2.75) is 0 Å². The van der Waals surface area contributed by atoms with Crippen LogP contribution in [-0.4, -0.2) is 19.1 Å². The average Bonchev–Trinajstić information content (AvgIpc) is 2.15. The summed E-state index contributed by atoms with van der Waals surface area (Å²) in [6.07, 6.45) is 0. The summed E-state index contributed by atoms with van der Waals surface area (Å²) in [7, 11) is 2.88. The molecule has 0 N–H and O–H groups in total. The molecule has 0 aromatic heterocycles. The molecular formula is C8H8INO4. The molecule has 0 bridgehead atoms. The number of nitro groups is 1. The molecule has 0 aliphatic carbocycles. The van der Waals surface area contributed by atoms with Crippen molar-refractivity contribution < 1.29 is 14.4 Å². The largest absolute Gasteiger partial charge is 0.497 e. The van der Waals surface area contributed by atoms with Gasteiger partial charge in [0.25, 0.3) is 0 Å². The maximum atomic E-state index is 10.7. The highest BCUT2D eigenvalue weighted by Gasteiger charge is 2.20. The van der Waals surface area contributed by atoms with Crippen LogP contribution in [0.2, 0.25) is 0 Å². The van der Waals surface area contributed by atoms with Gasteiger partial charge in [-0.05, 0) is 22.6 Å². The second-order valence-corrected chi connectivity index (χ2v) is 3.58. The number of hydrogen-bond acceptors (Lipinski definition) is 4. The van der Waals surface area contributed by atoms with E-state index in [4.69, 9.17) is 9.47 Å². The van der Waals surface area contributed by atoms with Gasteiger partial charge in [-0.1, -0.05) is 0 Å². The average molecular weight is 309 g/mol. The van der Waals surface area contributed by atoms with E-state index in [1.165, 1.54) is 20.3 Å². The number of halogens is 1. The maximum absolute atomic E-state index is 10.7. The third-order valence-electron chi connectivity index (χ3n) is 1.64. The monoisotopic (exact) mass is 309 g/mol. The van der Waals surface area contributed by atoms with Gasteiger partial charge in [-0.25, -0.2) is 0 Å². The van der Waals surface area contributed by atoms with E-state index in [1.54, 1.807) is 6.07 Å². The van der Waals surface area contributed by atoms with E-state index in [2.05, 4.69) is 0 Å². The van der Waals surface area contributed by atoms with Gasteiger partial charge in [-0.2, -0.15) is 0 Å². The molecule has 0 atom stereocenters. The molecule has 0 amide bonds. The topological polar surface area (TPSA) is 61.6 Å². The second kappa shape index (κ2) is 4.45. The van der Waals surface area contributed by atoms with Crippen molar-refractivity contribution in [3.63, 3.8) is 0 Å². The maximum Gasteiger partial charge on any atom is 0.324 e. The van der Waals surface area contributed by atoms with Crippen molar-refractivity contribution >= 4 is 28.3 Å². The fourth-order valence-corrected chi connectivity index (χ4v) is 1.77. The van der Waals surface area contributed by atoms with Crippen LogP contribution in [0, 0.1) is 13.7 Å². The van der Waals surface area contributed by atoms with Crippen LogP contribution in [0.15, 0.2) is 12.1 Å². The van der Waals surface area contributed by atoms with Crippen LogP contribution in [0.1, 0.15) is 0 Å². The van der Waals surface area contributed by atoms with Gasteiger partial charge in [-0.15, -0.1) is 0 Å². The first-order chi connectivity index (χ1) is 6.60. The van der Waals surface area contributed by atoms with E-state index in [9.17, 15) is 10.1 Å². The standard InChI is InChI=1S/C8H8INO4/c1-13-5-3-6(9)8(10(11)12)7(4-5)14-2/h3-4H,1-2H3. The van der Waals surface area contributed by atoms with E-state index in [1.807, 2.05) is 22.6 Å². The summed E-state index contributed by atoms with van der Waals surface area (Å²) in [6.45, 7) is 0. The van der Waals surface area contributed by atoms with Gasteiger partial charge >= 0.3 is 5.69 Å². The molecule has 0 aliphatic rings. The van der Waals surface area contributed by atoms with E-state index < -0.39 is 4.92 Å². The van der Waals surface area contributed by atoms with Crippen LogP contribution in [0.25, 0.3) is 0 Å². The van der Waals surface area contributed by atoms with Crippen molar-refractivity contribution in [3.8, 4) is 11.5 Å². The zero-order valence-electron chi connectivity index (χ0n) is 7.61. The Morgan fingerprint density at radius 2 is 2.00 bits per heavy atom. The Morgan fingerprint density at radius 1 is 1.36 bits per heavy atom. The highest BCUT2D eigenvalue weighted by molar-refractivity contribution is 14.1. The number of nitrogens with zero attached hydrogens (tertiary/aromatic N) is 1. The van der Waals surface area contributed by atoms with Gasteiger partial charge in [0.15, 0.2) is 0 Å². The quantitative estimate of drug-likeness (QED) is 0.488. The summed E-state index contributed by atoms with van der Waals surface area (Å²) < 4.78 is 10.4. The lowest BCUT2D eigenvalue weighted by molar-refractivity contribution is -0.386. The number of hydrogen-bond donors (Lipinski definition) is 0. The lowest BCUT2D eigenvalue weighted by atomic mass is 10.3. The van der Waals surface area contributed by atoms with Gasteiger partial charge in [0.1, 0.15) is 5.75 Å². The molecule has 1 rings (SSSR count). The smallest absolute Gasteiger partial charge is 0.324 e. The molecule has 5 nitrogen and oxygen atoms in total. The molecule has 6 heteroatoms. The van der Waals surface area contributed by atoms with Gasteiger partial charge < -0.3 is 9.47 Å². The summed E-state index contributed by atoms with van der Waals surface area (Å²) in [5.41, 5.74) is -0.0334. The minimum Gasteiger partial charge on any atom is -0.497 e. The number of ether oxygens (including phenoxy) is 2. The zero-order chi connectivity index (χ0) is 10.7. The van der Waals surface area contributed by atoms with E-state index in [0.29, 0.717) is 9.32 Å². The Balaban J connectivity index is 3.34. The van der Waals surface area contributed by atoms with Crippen molar-refractivity contribution in [2.75, 3.05) is 14.2 Å². The second-order valence-electron chi connectivity index (χ2n) is 2.42. The molecule has 1 aromatic rings. The van der Waals surface area contributed by atoms with Crippen molar-refractivity contribution in [3.05, 3.63) is 25.8 Å². The molecular weight excluding hydrogens is 301 g/mol. The van der Waals surface area contributed by atoms with E-state index in [-0.39, 0.29) is 11.4 Å². The molecule has 76 valence electrons. The lowest BCUT2D eigenvalue weighted by Crippen LogP contribution is -1.97. The van der Waals surface area contributed by atoms with E-state index >= 15 is 0 Å². The van der Waals surface area contributed by atoms with Crippen LogP contribution in [0.4, 0.5) is 5.69 Å². The predicted octanol–water partition coefficient (Wildman–Crippen LogP) is 2.22. The van der Waals surface area contributed by atoms with Crippen LogP contribution in [0.5, 0.6) is 11.5 Å². The van der Waals surface area contributed by atoms with E-state index in [0.717, 1.165) is 0 Å². The first-order valence-electron chi connectivity index (χ1n) is 3.66. The zero-order valence-corrected chi connectivity index (χ0v) is 9.77. The molecule has 0 radical (unpaired) electrons. The molecule has 0 spiro atoms. The summed E-state index contributed by atoms with van der Waals surface area (Å²) in [5, 5.41) is 10.7. The number of nitro benzene ring substituents is 1. The van der Waals surface area contributed by atoms with Crippen LogP contribution >= 0.6 is 22.6 Å². The normalized spacial score (nSPS) is 9.64. The Hall–Kier alpha value is -1.05. The minimum atomic E-state index is -0.472. The Kier molecular flexibility index (Phi) is 3.50. The Bertz CT molecular complexity index is 367. The minimum absolute atomic E-state index is 0.0334. The van der Waals surface area contributed by atoms with Crippen molar-refractivity contribution in [1.29, 1.82) is 0 Å².